The van der Waals surface area contributed by atoms with Crippen molar-refractivity contribution in [1.29, 1.82) is 0 Å². The van der Waals surface area contributed by atoms with Crippen LogP contribution in [-0.2, 0) is 7.05 Å². The maximum Gasteiger partial charge on any atom is 0.253 e. The summed E-state index contributed by atoms with van der Waals surface area (Å²) in [5.74, 6) is 1.58. The van der Waals surface area contributed by atoms with E-state index in [9.17, 15) is 4.79 Å². The fourth-order valence-corrected chi connectivity index (χ4v) is 3.69. The van der Waals surface area contributed by atoms with Crippen molar-refractivity contribution in [2.45, 2.75) is 13.0 Å². The summed E-state index contributed by atoms with van der Waals surface area (Å²) in [6.07, 6.45) is 3.39. The molecule has 4 rings (SSSR count). The molecule has 10 nitrogen and oxygen atoms in total. The van der Waals surface area contributed by atoms with Crippen molar-refractivity contribution >= 4 is 28.4 Å². The predicted octanol–water partition coefficient (Wildman–Crippen LogP) is 3.62. The van der Waals surface area contributed by atoms with E-state index in [1.807, 2.05) is 49.0 Å². The molecule has 10 heteroatoms. The summed E-state index contributed by atoms with van der Waals surface area (Å²) in [7, 11) is 6.54. The number of benzene rings is 2. The van der Waals surface area contributed by atoms with Crippen LogP contribution in [0.5, 0.6) is 17.2 Å². The largest absolute Gasteiger partial charge is 0.493 e. The van der Waals surface area contributed by atoms with E-state index >= 15 is 0 Å². The Morgan fingerprint density at radius 3 is 2.35 bits per heavy atom. The van der Waals surface area contributed by atoms with Crippen LogP contribution in [0.25, 0.3) is 10.9 Å². The van der Waals surface area contributed by atoms with Crippen LogP contribution in [0.3, 0.4) is 0 Å². The number of aromatic nitrogens is 4. The first-order valence-corrected chi connectivity index (χ1v) is 10.6. The minimum absolute atomic E-state index is 0.189. The number of aryl methyl sites for hydroxylation is 1. The molecule has 0 saturated carbocycles. The maximum absolute atomic E-state index is 12.9. The van der Waals surface area contributed by atoms with E-state index in [4.69, 9.17) is 14.2 Å². The fourth-order valence-electron chi connectivity index (χ4n) is 3.69. The number of hydrogen-bond donors (Lipinski definition) is 2. The topological polar surface area (TPSA) is 112 Å². The molecule has 176 valence electrons. The van der Waals surface area contributed by atoms with Gasteiger partial charge >= 0.3 is 0 Å². The zero-order chi connectivity index (χ0) is 24.2. The average molecular weight is 463 g/mol. The summed E-state index contributed by atoms with van der Waals surface area (Å²) in [5, 5.41) is 15.3. The monoisotopic (exact) mass is 462 g/mol. The quantitative estimate of drug-likeness (QED) is 0.408. The van der Waals surface area contributed by atoms with Gasteiger partial charge in [-0.25, -0.2) is 4.98 Å². The first kappa shape index (κ1) is 22.8. The second-order valence-electron chi connectivity index (χ2n) is 7.61. The molecule has 2 aromatic carbocycles. The number of fused-ring (bicyclic) bond motifs is 1. The molecule has 0 aliphatic rings. The van der Waals surface area contributed by atoms with E-state index in [-0.39, 0.29) is 17.9 Å². The van der Waals surface area contributed by atoms with Crippen molar-refractivity contribution in [3.63, 3.8) is 0 Å². The van der Waals surface area contributed by atoms with Crippen molar-refractivity contribution in [3.05, 3.63) is 60.0 Å². The van der Waals surface area contributed by atoms with Crippen LogP contribution in [0.4, 0.5) is 11.6 Å². The number of para-hydroxylation sites is 1. The highest BCUT2D eigenvalue weighted by Gasteiger charge is 2.18. The number of rotatable bonds is 8. The molecule has 0 aliphatic carbocycles. The van der Waals surface area contributed by atoms with Crippen molar-refractivity contribution in [3.8, 4) is 17.2 Å². The van der Waals surface area contributed by atoms with Crippen LogP contribution < -0.4 is 24.8 Å². The number of carbonyl (C=O) groups excluding carboxylic acids is 1. The minimum Gasteiger partial charge on any atom is -0.493 e. The van der Waals surface area contributed by atoms with Gasteiger partial charge in [-0.15, -0.1) is 10.2 Å². The molecule has 2 aromatic heterocycles. The van der Waals surface area contributed by atoms with Crippen LogP contribution in [0, 0.1) is 0 Å². The summed E-state index contributed by atoms with van der Waals surface area (Å²) >= 11 is 0. The molecule has 0 radical (unpaired) electrons. The molecule has 2 heterocycles. The highest BCUT2D eigenvalue weighted by atomic mass is 16.5. The van der Waals surface area contributed by atoms with E-state index in [0.29, 0.717) is 34.2 Å². The molecule has 1 atom stereocenters. The van der Waals surface area contributed by atoms with Crippen LogP contribution in [-0.4, -0.2) is 47.0 Å². The Bertz CT molecular complexity index is 1290. The van der Waals surface area contributed by atoms with E-state index in [1.165, 1.54) is 0 Å². The third-order valence-electron chi connectivity index (χ3n) is 5.43. The zero-order valence-electron chi connectivity index (χ0n) is 19.6. The third-order valence-corrected chi connectivity index (χ3v) is 5.43. The van der Waals surface area contributed by atoms with Gasteiger partial charge < -0.3 is 29.4 Å². The number of ether oxygens (including phenoxy) is 3. The Labute approximate surface area is 196 Å². The first-order valence-electron chi connectivity index (χ1n) is 10.6. The first-order chi connectivity index (χ1) is 16.4. The van der Waals surface area contributed by atoms with Gasteiger partial charge in [0.1, 0.15) is 5.69 Å². The summed E-state index contributed by atoms with van der Waals surface area (Å²) in [5.41, 5.74) is 2.76. The molecule has 1 unspecified atom stereocenters. The van der Waals surface area contributed by atoms with Gasteiger partial charge in [0.15, 0.2) is 11.5 Å². The number of amides is 1. The number of anilines is 2. The zero-order valence-corrected chi connectivity index (χ0v) is 19.6. The Kier molecular flexibility index (Phi) is 6.48. The van der Waals surface area contributed by atoms with Crippen molar-refractivity contribution < 1.29 is 19.0 Å². The van der Waals surface area contributed by atoms with Gasteiger partial charge in [0.2, 0.25) is 11.7 Å². The Morgan fingerprint density at radius 2 is 1.74 bits per heavy atom. The molecule has 4 aromatic rings. The molecule has 0 bridgehead atoms. The van der Waals surface area contributed by atoms with Crippen LogP contribution >= 0.6 is 0 Å². The smallest absolute Gasteiger partial charge is 0.253 e. The minimum atomic E-state index is -0.387. The second kappa shape index (κ2) is 9.65. The number of nitrogens with zero attached hydrogens (tertiary/aromatic N) is 4. The van der Waals surface area contributed by atoms with E-state index in [2.05, 4.69) is 25.8 Å². The van der Waals surface area contributed by atoms with Gasteiger partial charge in [0, 0.05) is 42.0 Å². The fraction of sp³-hybridized carbons (Fsp3) is 0.250. The molecule has 2 N–H and O–H groups in total. The number of nitrogens with one attached hydrogen (secondary N) is 2. The van der Waals surface area contributed by atoms with Crippen LogP contribution in [0.2, 0.25) is 0 Å². The van der Waals surface area contributed by atoms with Gasteiger partial charge in [-0.3, -0.25) is 4.79 Å². The lowest BCUT2D eigenvalue weighted by atomic mass is 10.1. The van der Waals surface area contributed by atoms with E-state index < -0.39 is 0 Å². The molecule has 0 saturated heterocycles. The lowest BCUT2D eigenvalue weighted by Crippen LogP contribution is -2.27. The second-order valence-corrected chi connectivity index (χ2v) is 7.61. The van der Waals surface area contributed by atoms with Crippen molar-refractivity contribution in [2.24, 2.45) is 7.05 Å². The van der Waals surface area contributed by atoms with Crippen molar-refractivity contribution in [1.82, 2.24) is 25.1 Å². The molecular weight excluding hydrogens is 436 g/mol. The van der Waals surface area contributed by atoms with Crippen LogP contribution in [0.15, 0.2) is 48.8 Å². The molecule has 0 spiro atoms. The number of hydrogen-bond acceptors (Lipinski definition) is 8. The van der Waals surface area contributed by atoms with Gasteiger partial charge in [0.25, 0.3) is 5.91 Å². The Hall–Kier alpha value is -4.34. The Balaban J connectivity index is 1.48. The average Bonchev–Trinajstić information content (AvgIpc) is 3.20. The van der Waals surface area contributed by atoms with Crippen molar-refractivity contribution in [2.75, 3.05) is 26.6 Å². The molecule has 0 aliphatic heterocycles. The molecular formula is C24H26N6O4. The van der Waals surface area contributed by atoms with E-state index in [1.54, 1.807) is 39.7 Å². The number of carbonyl (C=O) groups is 1. The SMILES string of the molecule is COc1cc(Nc2ncc(C(C)NC(=O)c3cn(C)c4ccccc34)nn2)cc(OC)c1OC. The highest BCUT2D eigenvalue weighted by Crippen LogP contribution is 2.40. The van der Waals surface area contributed by atoms with Gasteiger partial charge in [-0.05, 0) is 13.0 Å². The molecule has 1 amide bonds. The lowest BCUT2D eigenvalue weighted by Gasteiger charge is -2.15. The van der Waals surface area contributed by atoms with Gasteiger partial charge in [-0.2, -0.15) is 0 Å². The van der Waals surface area contributed by atoms with Gasteiger partial charge in [0.05, 0.1) is 39.1 Å². The van der Waals surface area contributed by atoms with Crippen LogP contribution in [0.1, 0.15) is 29.0 Å². The third kappa shape index (κ3) is 4.42. The maximum atomic E-state index is 12.9. The molecule has 0 fully saturated rings. The predicted molar refractivity (Wildman–Crippen MR) is 128 cm³/mol. The summed E-state index contributed by atoms with van der Waals surface area (Å²) in [6.45, 7) is 1.83. The highest BCUT2D eigenvalue weighted by molar-refractivity contribution is 6.07. The van der Waals surface area contributed by atoms with E-state index in [0.717, 1.165) is 10.9 Å². The van der Waals surface area contributed by atoms with Gasteiger partial charge in [-0.1, -0.05) is 18.2 Å². The summed E-state index contributed by atoms with van der Waals surface area (Å²) < 4.78 is 18.0. The standard InChI is InChI=1S/C24H26N6O4/c1-14(26-23(31)17-13-30(2)19-9-7-6-8-16(17)19)18-12-25-24(29-28-18)27-15-10-20(32-3)22(34-5)21(11-15)33-4/h6-14H,1-5H3,(H,26,31)(H,25,27,29). The summed E-state index contributed by atoms with van der Waals surface area (Å²) in [4.78, 5) is 17.2. The Morgan fingerprint density at radius 1 is 1.03 bits per heavy atom. The normalized spacial score (nSPS) is 11.7. The summed E-state index contributed by atoms with van der Waals surface area (Å²) in [6, 6.07) is 10.9. The number of methoxy groups -OCH3 is 3. The lowest BCUT2D eigenvalue weighted by molar-refractivity contribution is 0.0940. The molecule has 34 heavy (non-hydrogen) atoms.